The zero-order valence-corrected chi connectivity index (χ0v) is 47.6. The van der Waals surface area contributed by atoms with E-state index < -0.39 is 11.2 Å². The smallest absolute Gasteiger partial charge is 1.00 e. The number of carbonyl (C=O) groups is 2. The maximum Gasteiger partial charge on any atom is 2.00 e. The summed E-state index contributed by atoms with van der Waals surface area (Å²) in [6.07, 6.45) is 40.8. The Kier molecular flexibility index (Phi) is 33.0. The minimum Gasteiger partial charge on any atom is -1.00 e. The maximum absolute atomic E-state index is 12.3. The first-order chi connectivity index (χ1) is 31.3. The van der Waals surface area contributed by atoms with Crippen molar-refractivity contribution in [2.24, 2.45) is 0 Å². The molecule has 0 saturated heterocycles. The molecular formula is C56H85BrMgO4S4. The van der Waals surface area contributed by atoms with E-state index in [1.165, 1.54) is 193 Å². The average molecular weight is 1050 g/mol. The van der Waals surface area contributed by atoms with Crippen molar-refractivity contribution in [3.8, 4) is 19.5 Å². The van der Waals surface area contributed by atoms with Gasteiger partial charge < -0.3 is 34.1 Å². The van der Waals surface area contributed by atoms with E-state index in [-0.39, 0.29) is 51.6 Å². The van der Waals surface area contributed by atoms with E-state index in [9.17, 15) is 19.8 Å². The Morgan fingerprint density at radius 3 is 0.970 bits per heavy atom. The minimum atomic E-state index is -1.18. The molecule has 0 spiro atoms. The molecule has 4 heterocycles. The van der Waals surface area contributed by atoms with Crippen LogP contribution in [0, 0.1) is 6.92 Å². The molecule has 4 nitrogen and oxygen atoms in total. The molecule has 4 aromatic rings. The topological polar surface area (TPSA) is 74.6 Å². The van der Waals surface area contributed by atoms with Crippen molar-refractivity contribution in [1.82, 2.24) is 0 Å². The first kappa shape index (κ1) is 61.4. The van der Waals surface area contributed by atoms with Gasteiger partial charge in [0.25, 0.3) is 0 Å². The van der Waals surface area contributed by atoms with Gasteiger partial charge in [0.2, 0.25) is 11.6 Å². The molecule has 66 heavy (non-hydrogen) atoms. The normalized spacial score (nSPS) is 16.7. The van der Waals surface area contributed by atoms with Crippen molar-refractivity contribution in [2.45, 2.75) is 237 Å². The van der Waals surface area contributed by atoms with E-state index in [2.05, 4.69) is 50.6 Å². The van der Waals surface area contributed by atoms with Crippen LogP contribution in [-0.4, -0.2) is 44.8 Å². The SMILES string of the molecule is CCCCCCCCCCCCC1(O)c2ccsc2-c2sccc2C1(O)CCCCCCCCCCCC.O=C1C(=O)c2ccsc2-c2sccc21.[Br-].[CH2-]CCCCCCCCCCC.[Mg+2]. The summed E-state index contributed by atoms with van der Waals surface area (Å²) in [5, 5.41) is 32.6. The van der Waals surface area contributed by atoms with Crippen LogP contribution in [0.2, 0.25) is 0 Å². The Balaban J connectivity index is 0.000000433. The van der Waals surface area contributed by atoms with E-state index in [0.29, 0.717) is 24.0 Å². The predicted molar refractivity (Wildman–Crippen MR) is 288 cm³/mol. The van der Waals surface area contributed by atoms with Crippen LogP contribution in [0.1, 0.15) is 258 Å². The van der Waals surface area contributed by atoms with Crippen molar-refractivity contribution >= 4 is 80.0 Å². The van der Waals surface area contributed by atoms with Gasteiger partial charge in [-0.25, -0.2) is 0 Å². The van der Waals surface area contributed by atoms with Gasteiger partial charge in [-0.3, -0.25) is 9.59 Å². The largest absolute Gasteiger partial charge is 2.00 e. The zero-order chi connectivity index (χ0) is 45.9. The summed E-state index contributed by atoms with van der Waals surface area (Å²) >= 11 is 6.47. The van der Waals surface area contributed by atoms with Gasteiger partial charge in [-0.1, -0.05) is 207 Å². The maximum atomic E-state index is 12.3. The minimum absolute atomic E-state index is 0. The molecule has 2 atom stereocenters. The first-order valence-electron chi connectivity index (χ1n) is 25.9. The molecule has 10 heteroatoms. The molecule has 2 N–H and O–H groups in total. The van der Waals surface area contributed by atoms with Crippen molar-refractivity contribution < 1.29 is 36.8 Å². The molecule has 6 rings (SSSR count). The number of Topliss-reactive ketones (excluding diaryl/α,β-unsaturated/α-hetero) is 2. The van der Waals surface area contributed by atoms with Crippen LogP contribution in [0.5, 0.6) is 0 Å². The molecule has 0 saturated carbocycles. The second-order valence-electron chi connectivity index (χ2n) is 18.6. The number of halogens is 1. The van der Waals surface area contributed by atoms with Gasteiger partial charge in [0.1, 0.15) is 11.2 Å². The zero-order valence-electron chi connectivity index (χ0n) is 41.4. The van der Waals surface area contributed by atoms with E-state index >= 15 is 0 Å². The van der Waals surface area contributed by atoms with Crippen LogP contribution in [0.25, 0.3) is 19.5 Å². The van der Waals surface area contributed by atoms with E-state index in [1.807, 2.05) is 10.8 Å². The summed E-state index contributed by atoms with van der Waals surface area (Å²) in [6, 6.07) is 7.62. The molecule has 2 aliphatic carbocycles. The molecule has 0 amide bonds. The monoisotopic (exact) mass is 1050 g/mol. The number of rotatable bonds is 31. The van der Waals surface area contributed by atoms with Crippen LogP contribution in [0.3, 0.4) is 0 Å². The van der Waals surface area contributed by atoms with Crippen molar-refractivity contribution in [2.75, 3.05) is 0 Å². The first-order valence-corrected chi connectivity index (χ1v) is 29.4. The van der Waals surface area contributed by atoms with Crippen molar-refractivity contribution in [3.63, 3.8) is 0 Å². The number of aliphatic hydroxyl groups is 2. The second-order valence-corrected chi connectivity index (χ2v) is 22.2. The van der Waals surface area contributed by atoms with E-state index in [4.69, 9.17) is 0 Å². The summed E-state index contributed by atoms with van der Waals surface area (Å²) in [5.74, 6) is -0.737. The summed E-state index contributed by atoms with van der Waals surface area (Å²) in [4.78, 5) is 27.4. The molecule has 2 aliphatic rings. The molecular weight excluding hydrogens is 969 g/mol. The van der Waals surface area contributed by atoms with Gasteiger partial charge in [0, 0.05) is 22.3 Å². The fraction of sp³-hybridized carbons (Fsp3) is 0.661. The quantitative estimate of drug-likeness (QED) is 0.0228. The molecule has 0 aliphatic heterocycles. The molecule has 0 aromatic carbocycles. The number of fused-ring (bicyclic) bond motifs is 6. The number of unbranched alkanes of at least 4 members (excludes halogenated alkanes) is 27. The van der Waals surface area contributed by atoms with Gasteiger partial charge in [-0.05, 0) is 58.6 Å². The van der Waals surface area contributed by atoms with Crippen LogP contribution < -0.4 is 17.0 Å². The Morgan fingerprint density at radius 1 is 0.409 bits per heavy atom. The summed E-state index contributed by atoms with van der Waals surface area (Å²) in [7, 11) is 0. The molecule has 2 unspecified atom stereocenters. The number of hydrogen-bond acceptors (Lipinski definition) is 8. The molecule has 366 valence electrons. The summed E-state index contributed by atoms with van der Waals surface area (Å²) in [5.41, 5.74) is 0.710. The van der Waals surface area contributed by atoms with Crippen LogP contribution in [-0.2, 0) is 11.2 Å². The van der Waals surface area contributed by atoms with Crippen LogP contribution in [0.4, 0.5) is 0 Å². The predicted octanol–water partition coefficient (Wildman–Crippen LogP) is 15.7. The molecule has 0 fully saturated rings. The standard InChI is InChI=1S/C34H56O2S2.C12H25.C10H4O2S2.BrH.Mg/c1-3-5-7-9-11-13-15-17-19-21-25-33(35)29-23-27-37-31(29)32-30(24-28-38-32)34(33,36)26-22-20-18-16-14-12-10-8-6-4-2;1-3-5-7-9-11-12-10-8-6-4-2;11-7-5-1-3-13-9(5)10-6(8(7)12)2-4-14-10;;/h23-24,27-28,35-36H,3-22,25-26H2,1-2H3;1,3-12H2,2H3;1-4H;1H;/q;-1;;;+2/p-1. The third kappa shape index (κ3) is 18.5. The fourth-order valence-electron chi connectivity index (χ4n) is 9.55. The van der Waals surface area contributed by atoms with Gasteiger partial charge >= 0.3 is 23.1 Å². The van der Waals surface area contributed by atoms with E-state index in [0.717, 1.165) is 53.0 Å². The van der Waals surface area contributed by atoms with Crippen LogP contribution >= 0.6 is 45.3 Å². The molecule has 0 radical (unpaired) electrons. The summed E-state index contributed by atoms with van der Waals surface area (Å²) in [6.45, 7) is 10.7. The Bertz CT molecular complexity index is 1730. The van der Waals surface area contributed by atoms with Gasteiger partial charge in [-0.15, -0.1) is 45.3 Å². The Morgan fingerprint density at radius 2 is 0.667 bits per heavy atom. The van der Waals surface area contributed by atoms with Crippen LogP contribution in [0.15, 0.2) is 45.8 Å². The number of carbonyl (C=O) groups excluding carboxylic acids is 2. The Hall–Kier alpha value is -0.694. The van der Waals surface area contributed by atoms with Gasteiger partial charge in [0.05, 0.1) is 19.5 Å². The fourth-order valence-corrected chi connectivity index (χ4v) is 13.7. The van der Waals surface area contributed by atoms with E-state index in [1.54, 1.807) is 34.8 Å². The third-order valence-corrected chi connectivity index (χ3v) is 17.5. The average Bonchev–Trinajstić information content (AvgIpc) is 4.15. The number of thiophene rings is 4. The van der Waals surface area contributed by atoms with Gasteiger partial charge in [0.15, 0.2) is 0 Å². The van der Waals surface area contributed by atoms with Gasteiger partial charge in [-0.2, -0.15) is 6.42 Å². The number of ketones is 2. The molecule has 0 bridgehead atoms. The molecule has 4 aromatic heterocycles. The second kappa shape index (κ2) is 35.4. The Labute approximate surface area is 444 Å². The third-order valence-electron chi connectivity index (χ3n) is 13.5. The van der Waals surface area contributed by atoms with Crippen molar-refractivity contribution in [3.05, 3.63) is 75.0 Å². The number of hydrogen-bond donors (Lipinski definition) is 2. The summed E-state index contributed by atoms with van der Waals surface area (Å²) < 4.78 is 0. The van der Waals surface area contributed by atoms with Crippen molar-refractivity contribution in [1.29, 1.82) is 0 Å².